The van der Waals surface area contributed by atoms with E-state index in [9.17, 15) is 8.42 Å². The first kappa shape index (κ1) is 15.5. The van der Waals surface area contributed by atoms with Gasteiger partial charge in [0, 0.05) is 26.1 Å². The van der Waals surface area contributed by atoms with Crippen LogP contribution in [0.25, 0.3) is 0 Å². The molecule has 0 spiro atoms. The molecular formula is C15H18N2O3S. The van der Waals surface area contributed by atoms with E-state index in [0.29, 0.717) is 19.0 Å². The summed E-state index contributed by atoms with van der Waals surface area (Å²) in [6.45, 7) is 0.998. The highest BCUT2D eigenvalue weighted by Gasteiger charge is 2.13. The molecule has 2 rings (SSSR count). The van der Waals surface area contributed by atoms with Crippen LogP contribution in [0.15, 0.2) is 47.5 Å². The highest BCUT2D eigenvalue weighted by atomic mass is 32.2. The van der Waals surface area contributed by atoms with Crippen LogP contribution in [0, 0.1) is 0 Å². The minimum Gasteiger partial charge on any atom is -0.380 e. The maximum absolute atomic E-state index is 11.7. The lowest BCUT2D eigenvalue weighted by atomic mass is 10.1. The lowest BCUT2D eigenvalue weighted by Crippen LogP contribution is -2.09. The summed E-state index contributed by atoms with van der Waals surface area (Å²) in [7, 11) is -1.66. The SMILES string of the molecule is COCc1ccccc1CNc1ncccc1S(C)(=O)=O. The van der Waals surface area contributed by atoms with Gasteiger partial charge in [0.15, 0.2) is 9.84 Å². The van der Waals surface area contributed by atoms with Crippen LogP contribution < -0.4 is 5.32 Å². The molecule has 2 aromatic rings. The first-order chi connectivity index (χ1) is 10.0. The molecule has 21 heavy (non-hydrogen) atoms. The molecule has 0 aliphatic carbocycles. The van der Waals surface area contributed by atoms with Gasteiger partial charge >= 0.3 is 0 Å². The molecule has 5 nitrogen and oxygen atoms in total. The first-order valence-electron chi connectivity index (χ1n) is 6.47. The van der Waals surface area contributed by atoms with Gasteiger partial charge in [0.05, 0.1) is 6.61 Å². The number of aromatic nitrogens is 1. The third-order valence-electron chi connectivity index (χ3n) is 3.03. The molecule has 0 bridgehead atoms. The summed E-state index contributed by atoms with van der Waals surface area (Å²) in [6, 6.07) is 11.0. The van der Waals surface area contributed by atoms with E-state index < -0.39 is 9.84 Å². The van der Waals surface area contributed by atoms with E-state index in [0.717, 1.165) is 11.1 Å². The number of hydrogen-bond acceptors (Lipinski definition) is 5. The zero-order chi connectivity index (χ0) is 15.3. The largest absolute Gasteiger partial charge is 0.380 e. The number of methoxy groups -OCH3 is 1. The third-order valence-corrected chi connectivity index (χ3v) is 4.16. The van der Waals surface area contributed by atoms with Crippen LogP contribution in [0.4, 0.5) is 5.82 Å². The smallest absolute Gasteiger partial charge is 0.179 e. The van der Waals surface area contributed by atoms with Gasteiger partial charge in [0.25, 0.3) is 0 Å². The summed E-state index contributed by atoms with van der Waals surface area (Å²) in [4.78, 5) is 4.32. The van der Waals surface area contributed by atoms with Crippen molar-refractivity contribution in [2.45, 2.75) is 18.0 Å². The number of pyridine rings is 1. The summed E-state index contributed by atoms with van der Waals surface area (Å²) in [5, 5.41) is 3.09. The second-order valence-electron chi connectivity index (χ2n) is 4.68. The minimum atomic E-state index is -3.31. The number of hydrogen-bond donors (Lipinski definition) is 1. The normalized spacial score (nSPS) is 11.3. The van der Waals surface area contributed by atoms with Gasteiger partial charge in [-0.3, -0.25) is 0 Å². The average molecular weight is 306 g/mol. The second-order valence-corrected chi connectivity index (χ2v) is 6.66. The number of benzene rings is 1. The van der Waals surface area contributed by atoms with Crippen LogP contribution in [0.1, 0.15) is 11.1 Å². The summed E-state index contributed by atoms with van der Waals surface area (Å²) in [5.74, 6) is 0.368. The Kier molecular flexibility index (Phi) is 4.93. The van der Waals surface area contributed by atoms with Crippen molar-refractivity contribution in [1.29, 1.82) is 0 Å². The Labute approximate surface area is 124 Å². The van der Waals surface area contributed by atoms with Gasteiger partial charge in [0.2, 0.25) is 0 Å². The van der Waals surface area contributed by atoms with Crippen LogP contribution in [-0.2, 0) is 27.7 Å². The van der Waals surface area contributed by atoms with Gasteiger partial charge in [-0.2, -0.15) is 0 Å². The number of nitrogens with one attached hydrogen (secondary N) is 1. The average Bonchev–Trinajstić information content (AvgIpc) is 2.46. The Bertz CT molecular complexity index is 714. The van der Waals surface area contributed by atoms with Crippen LogP contribution in [0.3, 0.4) is 0 Å². The van der Waals surface area contributed by atoms with Crippen molar-refractivity contribution in [1.82, 2.24) is 4.98 Å². The van der Waals surface area contributed by atoms with Crippen molar-refractivity contribution in [2.24, 2.45) is 0 Å². The number of nitrogens with zero attached hydrogens (tertiary/aromatic N) is 1. The molecule has 0 unspecified atom stereocenters. The molecule has 0 atom stereocenters. The Morgan fingerprint density at radius 3 is 2.52 bits per heavy atom. The van der Waals surface area contributed by atoms with Gasteiger partial charge in [-0.25, -0.2) is 13.4 Å². The predicted molar refractivity (Wildman–Crippen MR) is 81.8 cm³/mol. The molecule has 1 aromatic carbocycles. The molecule has 0 radical (unpaired) electrons. The molecular weight excluding hydrogens is 288 g/mol. The molecule has 0 amide bonds. The molecule has 0 saturated heterocycles. The molecule has 0 aliphatic rings. The Balaban J connectivity index is 2.22. The van der Waals surface area contributed by atoms with Crippen LogP contribution in [-0.4, -0.2) is 26.8 Å². The van der Waals surface area contributed by atoms with E-state index in [1.807, 2.05) is 24.3 Å². The molecule has 1 aromatic heterocycles. The fraction of sp³-hybridized carbons (Fsp3) is 0.267. The minimum absolute atomic E-state index is 0.203. The fourth-order valence-corrected chi connectivity index (χ4v) is 2.83. The molecule has 0 aliphatic heterocycles. The summed E-state index contributed by atoms with van der Waals surface area (Å²) in [6.07, 6.45) is 2.74. The third kappa shape index (κ3) is 4.03. The van der Waals surface area contributed by atoms with Crippen LogP contribution >= 0.6 is 0 Å². The molecule has 0 fully saturated rings. The van der Waals surface area contributed by atoms with E-state index >= 15 is 0 Å². The van der Waals surface area contributed by atoms with Crippen LogP contribution in [0.2, 0.25) is 0 Å². The van der Waals surface area contributed by atoms with Crippen molar-refractivity contribution in [3.63, 3.8) is 0 Å². The molecule has 0 saturated carbocycles. The van der Waals surface area contributed by atoms with Gasteiger partial charge in [-0.05, 0) is 23.3 Å². The highest BCUT2D eigenvalue weighted by Crippen LogP contribution is 2.19. The number of sulfone groups is 1. The Hall–Kier alpha value is -1.92. The zero-order valence-electron chi connectivity index (χ0n) is 12.0. The van der Waals surface area contributed by atoms with E-state index in [-0.39, 0.29) is 4.90 Å². The van der Waals surface area contributed by atoms with Gasteiger partial charge in [-0.15, -0.1) is 0 Å². The predicted octanol–water partition coefficient (Wildman–Crippen LogP) is 2.24. The van der Waals surface area contributed by atoms with Crippen molar-refractivity contribution in [2.75, 3.05) is 18.7 Å². The standard InChI is InChI=1S/C15H18N2O3S/c1-20-11-13-7-4-3-6-12(13)10-17-15-14(21(2,18)19)8-5-9-16-15/h3-9H,10-11H2,1-2H3,(H,16,17). The Morgan fingerprint density at radius 2 is 1.86 bits per heavy atom. The van der Waals surface area contributed by atoms with E-state index in [1.54, 1.807) is 25.4 Å². The topological polar surface area (TPSA) is 68.3 Å². The summed E-state index contributed by atoms with van der Waals surface area (Å²) in [5.41, 5.74) is 2.11. The molecule has 1 heterocycles. The van der Waals surface area contributed by atoms with E-state index in [2.05, 4.69) is 10.3 Å². The van der Waals surface area contributed by atoms with E-state index in [1.165, 1.54) is 6.26 Å². The van der Waals surface area contributed by atoms with Gasteiger partial charge in [0.1, 0.15) is 10.7 Å². The Morgan fingerprint density at radius 1 is 1.14 bits per heavy atom. The number of ether oxygens (including phenoxy) is 1. The number of anilines is 1. The van der Waals surface area contributed by atoms with Crippen molar-refractivity contribution in [3.8, 4) is 0 Å². The van der Waals surface area contributed by atoms with Crippen molar-refractivity contribution < 1.29 is 13.2 Å². The second kappa shape index (κ2) is 6.69. The molecule has 1 N–H and O–H groups in total. The molecule has 6 heteroatoms. The summed E-state index contributed by atoms with van der Waals surface area (Å²) >= 11 is 0. The maximum atomic E-state index is 11.7. The maximum Gasteiger partial charge on any atom is 0.179 e. The molecule has 112 valence electrons. The monoisotopic (exact) mass is 306 g/mol. The lowest BCUT2D eigenvalue weighted by molar-refractivity contribution is 0.184. The fourth-order valence-electron chi connectivity index (χ4n) is 2.03. The summed E-state index contributed by atoms with van der Waals surface area (Å²) < 4.78 is 28.6. The quantitative estimate of drug-likeness (QED) is 0.886. The van der Waals surface area contributed by atoms with Crippen molar-refractivity contribution >= 4 is 15.7 Å². The number of rotatable bonds is 6. The van der Waals surface area contributed by atoms with Gasteiger partial charge in [-0.1, -0.05) is 24.3 Å². The first-order valence-corrected chi connectivity index (χ1v) is 8.36. The highest BCUT2D eigenvalue weighted by molar-refractivity contribution is 7.90. The van der Waals surface area contributed by atoms with E-state index in [4.69, 9.17) is 4.74 Å². The van der Waals surface area contributed by atoms with Crippen LogP contribution in [0.5, 0.6) is 0 Å². The van der Waals surface area contributed by atoms with Crippen molar-refractivity contribution in [3.05, 3.63) is 53.7 Å². The lowest BCUT2D eigenvalue weighted by Gasteiger charge is -2.12. The van der Waals surface area contributed by atoms with Gasteiger partial charge < -0.3 is 10.1 Å². The zero-order valence-corrected chi connectivity index (χ0v) is 12.9.